The molecule has 0 bridgehead atoms. The Labute approximate surface area is 139 Å². The number of rotatable bonds is 2. The average molecular weight is 328 g/mol. The maximum Gasteiger partial charge on any atom is 0.264 e. The summed E-state index contributed by atoms with van der Waals surface area (Å²) in [5, 5.41) is 3.29. The number of amides is 1. The Morgan fingerprint density at radius 2 is 2.17 bits per heavy atom. The van der Waals surface area contributed by atoms with Crippen LogP contribution in [0.4, 0.5) is 10.1 Å². The van der Waals surface area contributed by atoms with Gasteiger partial charge in [-0.1, -0.05) is 18.2 Å². The van der Waals surface area contributed by atoms with Crippen LogP contribution in [-0.4, -0.2) is 17.2 Å². The molecule has 1 N–H and O–H groups in total. The van der Waals surface area contributed by atoms with Crippen LogP contribution in [0.25, 0.3) is 0 Å². The molecule has 0 radical (unpaired) electrons. The quantitative estimate of drug-likeness (QED) is 0.824. The van der Waals surface area contributed by atoms with E-state index in [1.165, 1.54) is 23.4 Å². The molecule has 118 valence electrons. The maximum atomic E-state index is 13.4. The van der Waals surface area contributed by atoms with E-state index in [0.717, 1.165) is 11.3 Å². The smallest absolute Gasteiger partial charge is 0.264 e. The third-order valence-corrected chi connectivity index (χ3v) is 4.62. The first-order valence-corrected chi connectivity index (χ1v) is 8.22. The second-order valence-corrected chi connectivity index (χ2v) is 6.60. The number of allylic oxidation sites excluding steroid dienone is 5. The van der Waals surface area contributed by atoms with Crippen LogP contribution < -0.4 is 5.32 Å². The lowest BCUT2D eigenvalue weighted by atomic mass is 10.1. The predicted molar refractivity (Wildman–Crippen MR) is 93.6 cm³/mol. The summed E-state index contributed by atoms with van der Waals surface area (Å²) in [7, 11) is 0. The fraction of sp³-hybridized carbons (Fsp3) is 0.222. The summed E-state index contributed by atoms with van der Waals surface area (Å²) in [6, 6.07) is 5.91. The van der Waals surface area contributed by atoms with Crippen LogP contribution in [0.3, 0.4) is 0 Å². The number of hydrogen-bond donors (Lipinski definition) is 1. The molecule has 5 heteroatoms. The standard InChI is InChI=1S/C18H17FN2OS/c1-11-6-7-15(8-12(11)2)20-18-21-17(22)16(23-18)10-13-4-3-5-14(19)9-13/h3-4,6-10,14H,5H2,1-2H3,(H,20,21,22)/b16-10-/t14-/m1/s1. The van der Waals surface area contributed by atoms with E-state index in [9.17, 15) is 9.18 Å². The molecule has 0 aromatic heterocycles. The van der Waals surface area contributed by atoms with E-state index in [4.69, 9.17) is 0 Å². The number of amidine groups is 1. The summed E-state index contributed by atoms with van der Waals surface area (Å²) in [4.78, 5) is 17.0. The van der Waals surface area contributed by atoms with Crippen molar-refractivity contribution in [2.24, 2.45) is 4.99 Å². The van der Waals surface area contributed by atoms with E-state index in [0.29, 0.717) is 22.1 Å². The first-order chi connectivity index (χ1) is 11.0. The van der Waals surface area contributed by atoms with Crippen molar-refractivity contribution < 1.29 is 9.18 Å². The van der Waals surface area contributed by atoms with Gasteiger partial charge in [0.2, 0.25) is 0 Å². The molecule has 1 atom stereocenters. The molecule has 0 saturated carbocycles. The number of aryl methyl sites for hydroxylation is 2. The van der Waals surface area contributed by atoms with Crippen molar-refractivity contribution >= 4 is 28.5 Å². The van der Waals surface area contributed by atoms with Gasteiger partial charge < -0.3 is 5.32 Å². The number of aliphatic imine (C=N–C) groups is 1. The Bertz CT molecular complexity index is 777. The summed E-state index contributed by atoms with van der Waals surface area (Å²) in [5.74, 6) is -0.201. The number of nitrogens with zero attached hydrogens (tertiary/aromatic N) is 1. The van der Waals surface area contributed by atoms with Gasteiger partial charge >= 0.3 is 0 Å². The minimum absolute atomic E-state index is 0.201. The molecule has 23 heavy (non-hydrogen) atoms. The minimum Gasteiger partial charge on any atom is -0.300 e. The Morgan fingerprint density at radius 3 is 2.91 bits per heavy atom. The van der Waals surface area contributed by atoms with E-state index in [1.54, 1.807) is 12.2 Å². The molecule has 3 nitrogen and oxygen atoms in total. The van der Waals surface area contributed by atoms with Crippen LogP contribution in [-0.2, 0) is 4.79 Å². The molecule has 1 aliphatic carbocycles. The second-order valence-electron chi connectivity index (χ2n) is 5.57. The first kappa shape index (κ1) is 15.7. The Hall–Kier alpha value is -2.14. The van der Waals surface area contributed by atoms with Crippen LogP contribution in [0.1, 0.15) is 17.5 Å². The van der Waals surface area contributed by atoms with Crippen molar-refractivity contribution in [1.82, 2.24) is 5.32 Å². The summed E-state index contributed by atoms with van der Waals surface area (Å²) in [5.41, 5.74) is 3.88. The molecule has 1 aliphatic heterocycles. The highest BCUT2D eigenvalue weighted by atomic mass is 32.2. The lowest BCUT2D eigenvalue weighted by molar-refractivity contribution is -0.115. The Morgan fingerprint density at radius 1 is 1.35 bits per heavy atom. The molecule has 1 aromatic rings. The van der Waals surface area contributed by atoms with E-state index >= 15 is 0 Å². The number of carbonyl (C=O) groups excluding carboxylic acids is 1. The summed E-state index contributed by atoms with van der Waals surface area (Å²) < 4.78 is 13.4. The molecule has 1 fully saturated rings. The van der Waals surface area contributed by atoms with Gasteiger partial charge in [0.15, 0.2) is 5.17 Å². The van der Waals surface area contributed by atoms with Gasteiger partial charge in [0.1, 0.15) is 6.17 Å². The zero-order valence-corrected chi connectivity index (χ0v) is 13.8. The third-order valence-electron chi connectivity index (χ3n) is 3.71. The van der Waals surface area contributed by atoms with Crippen LogP contribution in [0.15, 0.2) is 58.0 Å². The zero-order chi connectivity index (χ0) is 16.4. The van der Waals surface area contributed by atoms with Gasteiger partial charge in [-0.25, -0.2) is 9.38 Å². The SMILES string of the molecule is Cc1ccc(N=C2NC(=O)/C(=C/C3=C[C@H](F)CC=C3)S2)cc1C. The van der Waals surface area contributed by atoms with Gasteiger partial charge in [-0.15, -0.1) is 0 Å². The van der Waals surface area contributed by atoms with Crippen LogP contribution in [0.5, 0.6) is 0 Å². The largest absolute Gasteiger partial charge is 0.300 e. The van der Waals surface area contributed by atoms with Gasteiger partial charge in [-0.2, -0.15) is 0 Å². The molecule has 1 amide bonds. The number of alkyl halides is 1. The van der Waals surface area contributed by atoms with Crippen molar-refractivity contribution in [2.45, 2.75) is 26.4 Å². The highest BCUT2D eigenvalue weighted by Crippen LogP contribution is 2.29. The zero-order valence-electron chi connectivity index (χ0n) is 13.0. The van der Waals surface area contributed by atoms with E-state index in [1.807, 2.05) is 38.1 Å². The molecule has 3 rings (SSSR count). The van der Waals surface area contributed by atoms with Crippen molar-refractivity contribution in [3.05, 3.63) is 64.1 Å². The second kappa shape index (κ2) is 6.54. The Kier molecular flexibility index (Phi) is 4.48. The summed E-state index contributed by atoms with van der Waals surface area (Å²) >= 11 is 1.27. The summed E-state index contributed by atoms with van der Waals surface area (Å²) in [6.45, 7) is 4.07. The van der Waals surface area contributed by atoms with Gasteiger partial charge in [0.05, 0.1) is 10.6 Å². The van der Waals surface area contributed by atoms with Crippen molar-refractivity contribution in [1.29, 1.82) is 0 Å². The van der Waals surface area contributed by atoms with Crippen LogP contribution in [0.2, 0.25) is 0 Å². The third kappa shape index (κ3) is 3.79. The average Bonchev–Trinajstić information content (AvgIpc) is 2.83. The molecule has 1 saturated heterocycles. The van der Waals surface area contributed by atoms with Crippen molar-refractivity contribution in [3.63, 3.8) is 0 Å². The fourth-order valence-electron chi connectivity index (χ4n) is 2.31. The highest BCUT2D eigenvalue weighted by molar-refractivity contribution is 8.18. The van der Waals surface area contributed by atoms with E-state index < -0.39 is 6.17 Å². The number of hydrogen-bond acceptors (Lipinski definition) is 3. The predicted octanol–water partition coefficient (Wildman–Crippen LogP) is 4.26. The number of benzene rings is 1. The first-order valence-electron chi connectivity index (χ1n) is 7.40. The van der Waals surface area contributed by atoms with E-state index in [2.05, 4.69) is 10.3 Å². The van der Waals surface area contributed by atoms with Gasteiger partial charge in [0, 0.05) is 6.42 Å². The Balaban J connectivity index is 1.80. The van der Waals surface area contributed by atoms with Gasteiger partial charge in [-0.3, -0.25) is 4.79 Å². The molecule has 1 heterocycles. The van der Waals surface area contributed by atoms with Crippen molar-refractivity contribution in [3.8, 4) is 0 Å². The topological polar surface area (TPSA) is 41.5 Å². The van der Waals surface area contributed by atoms with Crippen LogP contribution >= 0.6 is 11.8 Å². The number of halogens is 1. The highest BCUT2D eigenvalue weighted by Gasteiger charge is 2.24. The molecule has 2 aliphatic rings. The molecule has 1 aromatic carbocycles. The maximum absolute atomic E-state index is 13.4. The fourth-order valence-corrected chi connectivity index (χ4v) is 3.15. The monoisotopic (exact) mass is 328 g/mol. The number of thioether (sulfide) groups is 1. The van der Waals surface area contributed by atoms with E-state index in [-0.39, 0.29) is 5.91 Å². The molecule has 0 spiro atoms. The molecular formula is C18H17FN2OS. The number of carbonyl (C=O) groups is 1. The normalized spacial score (nSPS) is 24.2. The van der Waals surface area contributed by atoms with Gasteiger partial charge in [0.25, 0.3) is 5.91 Å². The minimum atomic E-state index is -0.981. The molecular weight excluding hydrogens is 311 g/mol. The molecule has 0 unspecified atom stereocenters. The lowest BCUT2D eigenvalue weighted by Gasteiger charge is -2.06. The summed E-state index contributed by atoms with van der Waals surface area (Å²) in [6.07, 6.45) is 6.24. The van der Waals surface area contributed by atoms with Crippen molar-refractivity contribution in [2.75, 3.05) is 0 Å². The number of nitrogens with one attached hydrogen (secondary N) is 1. The van der Waals surface area contributed by atoms with Crippen LogP contribution in [0, 0.1) is 13.8 Å². The lowest BCUT2D eigenvalue weighted by Crippen LogP contribution is -2.19. The van der Waals surface area contributed by atoms with Gasteiger partial charge in [-0.05, 0) is 66.6 Å².